The van der Waals surface area contributed by atoms with Crippen LogP contribution in [0.4, 0.5) is 0 Å². The third-order valence-corrected chi connectivity index (χ3v) is 3.68. The van der Waals surface area contributed by atoms with Gasteiger partial charge in [-0.15, -0.1) is 0 Å². The van der Waals surface area contributed by atoms with E-state index in [1.54, 1.807) is 0 Å². The Labute approximate surface area is 120 Å². The second kappa shape index (κ2) is 6.85. The molecular weight excluding hydrogens is 256 g/mol. The average Bonchev–Trinajstić information content (AvgIpc) is 2.84. The van der Waals surface area contributed by atoms with Crippen molar-refractivity contribution in [1.82, 2.24) is 20.3 Å². The van der Waals surface area contributed by atoms with Gasteiger partial charge in [0.2, 0.25) is 5.91 Å². The summed E-state index contributed by atoms with van der Waals surface area (Å²) in [6.45, 7) is 8.78. The first-order valence-corrected chi connectivity index (χ1v) is 7.18. The summed E-state index contributed by atoms with van der Waals surface area (Å²) >= 11 is 0. The number of nitrogens with one attached hydrogen (secondary N) is 1. The fourth-order valence-corrected chi connectivity index (χ4v) is 2.55. The summed E-state index contributed by atoms with van der Waals surface area (Å²) in [6.07, 6.45) is 0. The van der Waals surface area contributed by atoms with Crippen LogP contribution in [0.5, 0.6) is 0 Å². The number of amides is 1. The second-order valence-corrected chi connectivity index (χ2v) is 5.49. The van der Waals surface area contributed by atoms with Gasteiger partial charge in [-0.05, 0) is 14.0 Å². The smallest absolute Gasteiger partial charge is 0.226 e. The van der Waals surface area contributed by atoms with Crippen molar-refractivity contribution in [2.45, 2.75) is 20.4 Å². The summed E-state index contributed by atoms with van der Waals surface area (Å²) < 4.78 is 5.08. The molecule has 1 unspecified atom stereocenters. The van der Waals surface area contributed by atoms with Crippen LogP contribution in [0.15, 0.2) is 10.6 Å². The Bertz CT molecular complexity index is 438. The van der Waals surface area contributed by atoms with Crippen molar-refractivity contribution >= 4 is 5.91 Å². The minimum absolute atomic E-state index is 0.0461. The molecule has 0 aromatic carbocycles. The van der Waals surface area contributed by atoms with E-state index in [1.165, 1.54) is 0 Å². The summed E-state index contributed by atoms with van der Waals surface area (Å²) in [4.78, 5) is 16.5. The van der Waals surface area contributed by atoms with Crippen LogP contribution in [-0.4, -0.2) is 60.6 Å². The topological polar surface area (TPSA) is 61.6 Å². The number of carbonyl (C=O) groups is 1. The minimum Gasteiger partial charge on any atom is -0.361 e. The van der Waals surface area contributed by atoms with Gasteiger partial charge in [-0.2, -0.15) is 0 Å². The monoisotopic (exact) mass is 280 g/mol. The highest BCUT2D eigenvalue weighted by atomic mass is 16.5. The van der Waals surface area contributed by atoms with Crippen LogP contribution in [0.1, 0.15) is 18.4 Å². The van der Waals surface area contributed by atoms with E-state index in [0.717, 1.165) is 50.7 Å². The van der Waals surface area contributed by atoms with Gasteiger partial charge >= 0.3 is 0 Å². The molecule has 6 heteroatoms. The SMILES string of the molecule is CNCC(C)C(=O)N1CCN(Cc2cc(C)on2)CC1. The first kappa shape index (κ1) is 15.0. The van der Waals surface area contributed by atoms with Gasteiger partial charge in [-0.3, -0.25) is 9.69 Å². The predicted molar refractivity (Wildman–Crippen MR) is 76.2 cm³/mol. The zero-order valence-electron chi connectivity index (χ0n) is 12.6. The van der Waals surface area contributed by atoms with Crippen molar-refractivity contribution in [2.24, 2.45) is 5.92 Å². The zero-order chi connectivity index (χ0) is 14.5. The lowest BCUT2D eigenvalue weighted by Crippen LogP contribution is -2.50. The van der Waals surface area contributed by atoms with E-state index in [9.17, 15) is 4.79 Å². The van der Waals surface area contributed by atoms with Gasteiger partial charge in [-0.1, -0.05) is 12.1 Å². The van der Waals surface area contributed by atoms with E-state index in [0.29, 0.717) is 0 Å². The van der Waals surface area contributed by atoms with Crippen LogP contribution in [0.25, 0.3) is 0 Å². The molecule has 1 aliphatic rings. The maximum atomic E-state index is 12.2. The maximum Gasteiger partial charge on any atom is 0.226 e. The lowest BCUT2D eigenvalue weighted by molar-refractivity contribution is -0.136. The van der Waals surface area contributed by atoms with Crippen molar-refractivity contribution in [3.63, 3.8) is 0 Å². The predicted octanol–water partition coefficient (Wildman–Crippen LogP) is 0.483. The van der Waals surface area contributed by atoms with Gasteiger partial charge < -0.3 is 14.7 Å². The molecule has 112 valence electrons. The molecule has 1 aromatic rings. The van der Waals surface area contributed by atoms with Crippen molar-refractivity contribution < 1.29 is 9.32 Å². The van der Waals surface area contributed by atoms with Crippen LogP contribution in [-0.2, 0) is 11.3 Å². The van der Waals surface area contributed by atoms with Crippen molar-refractivity contribution in [1.29, 1.82) is 0 Å². The summed E-state index contributed by atoms with van der Waals surface area (Å²) in [6, 6.07) is 1.96. The maximum absolute atomic E-state index is 12.2. The second-order valence-electron chi connectivity index (χ2n) is 5.49. The molecule has 1 amide bonds. The summed E-state index contributed by atoms with van der Waals surface area (Å²) in [5, 5.41) is 7.07. The minimum atomic E-state index is 0.0461. The van der Waals surface area contributed by atoms with Crippen LogP contribution >= 0.6 is 0 Å². The molecule has 2 rings (SSSR count). The molecule has 2 heterocycles. The molecule has 1 fully saturated rings. The Morgan fingerprint density at radius 3 is 2.70 bits per heavy atom. The van der Waals surface area contributed by atoms with Crippen LogP contribution in [0.2, 0.25) is 0 Å². The van der Waals surface area contributed by atoms with Crippen LogP contribution < -0.4 is 5.32 Å². The molecule has 0 bridgehead atoms. The molecule has 6 nitrogen and oxygen atoms in total. The lowest BCUT2D eigenvalue weighted by atomic mass is 10.1. The van der Waals surface area contributed by atoms with E-state index in [-0.39, 0.29) is 11.8 Å². The van der Waals surface area contributed by atoms with E-state index < -0.39 is 0 Å². The van der Waals surface area contributed by atoms with Crippen molar-refractivity contribution in [2.75, 3.05) is 39.8 Å². The van der Waals surface area contributed by atoms with Gasteiger partial charge in [0, 0.05) is 51.3 Å². The number of aryl methyl sites for hydroxylation is 1. The standard InChI is InChI=1S/C14H24N4O2/c1-11(9-15-3)14(19)18-6-4-17(5-7-18)10-13-8-12(2)20-16-13/h8,11,15H,4-7,9-10H2,1-3H3. The van der Waals surface area contributed by atoms with Gasteiger partial charge in [0.15, 0.2) is 0 Å². The van der Waals surface area contributed by atoms with Gasteiger partial charge in [0.05, 0.1) is 5.69 Å². The van der Waals surface area contributed by atoms with E-state index in [1.807, 2.05) is 31.9 Å². The molecule has 0 radical (unpaired) electrons. The highest BCUT2D eigenvalue weighted by Gasteiger charge is 2.24. The third-order valence-electron chi connectivity index (χ3n) is 3.68. The van der Waals surface area contributed by atoms with Crippen molar-refractivity contribution in [3.05, 3.63) is 17.5 Å². The number of hydrogen-bond donors (Lipinski definition) is 1. The number of rotatable bonds is 5. The molecular formula is C14H24N4O2. The Kier molecular flexibility index (Phi) is 5.14. The third kappa shape index (κ3) is 3.80. The summed E-state index contributed by atoms with van der Waals surface area (Å²) in [7, 11) is 1.88. The first-order chi connectivity index (χ1) is 9.60. The van der Waals surface area contributed by atoms with Crippen LogP contribution in [0, 0.1) is 12.8 Å². The molecule has 1 aliphatic heterocycles. The molecule has 20 heavy (non-hydrogen) atoms. The molecule has 1 N–H and O–H groups in total. The molecule has 0 aliphatic carbocycles. The average molecular weight is 280 g/mol. The summed E-state index contributed by atoms with van der Waals surface area (Å²) in [5.74, 6) is 1.13. The zero-order valence-corrected chi connectivity index (χ0v) is 12.6. The molecule has 1 atom stereocenters. The molecule has 1 saturated heterocycles. The Morgan fingerprint density at radius 1 is 1.45 bits per heavy atom. The Hall–Kier alpha value is -1.40. The number of hydrogen-bond acceptors (Lipinski definition) is 5. The quantitative estimate of drug-likeness (QED) is 0.850. The number of nitrogens with zero attached hydrogens (tertiary/aromatic N) is 3. The van der Waals surface area contributed by atoms with E-state index in [4.69, 9.17) is 4.52 Å². The van der Waals surface area contributed by atoms with Gasteiger partial charge in [0.1, 0.15) is 5.76 Å². The fourth-order valence-electron chi connectivity index (χ4n) is 2.55. The van der Waals surface area contributed by atoms with Crippen molar-refractivity contribution in [3.8, 4) is 0 Å². The van der Waals surface area contributed by atoms with E-state index >= 15 is 0 Å². The first-order valence-electron chi connectivity index (χ1n) is 7.18. The lowest BCUT2D eigenvalue weighted by Gasteiger charge is -2.35. The number of piperazine rings is 1. The van der Waals surface area contributed by atoms with E-state index in [2.05, 4.69) is 15.4 Å². The Morgan fingerprint density at radius 2 is 2.15 bits per heavy atom. The van der Waals surface area contributed by atoms with Crippen LogP contribution in [0.3, 0.4) is 0 Å². The molecule has 0 spiro atoms. The van der Waals surface area contributed by atoms with Gasteiger partial charge in [-0.25, -0.2) is 0 Å². The fraction of sp³-hybridized carbons (Fsp3) is 0.714. The summed E-state index contributed by atoms with van der Waals surface area (Å²) in [5.41, 5.74) is 0.964. The number of aromatic nitrogens is 1. The largest absolute Gasteiger partial charge is 0.361 e. The highest BCUT2D eigenvalue weighted by molar-refractivity contribution is 5.78. The Balaban J connectivity index is 1.78. The highest BCUT2D eigenvalue weighted by Crippen LogP contribution is 2.11. The molecule has 0 saturated carbocycles. The molecule has 1 aromatic heterocycles. The normalized spacial score (nSPS) is 18.2. The van der Waals surface area contributed by atoms with Gasteiger partial charge in [0.25, 0.3) is 0 Å². The number of carbonyl (C=O) groups excluding carboxylic acids is 1.